The lowest BCUT2D eigenvalue weighted by Crippen LogP contribution is -2.20. The van der Waals surface area contributed by atoms with Gasteiger partial charge in [0, 0.05) is 0 Å². The summed E-state index contributed by atoms with van der Waals surface area (Å²) in [6.07, 6.45) is 0. The average Bonchev–Trinajstić information content (AvgIpc) is 2.54. The summed E-state index contributed by atoms with van der Waals surface area (Å²) in [5.41, 5.74) is 1.87. The van der Waals surface area contributed by atoms with Gasteiger partial charge < -0.3 is 14.8 Å². The number of rotatable bonds is 6. The van der Waals surface area contributed by atoms with Crippen LogP contribution in [0.15, 0.2) is 48.5 Å². The highest BCUT2D eigenvalue weighted by molar-refractivity contribution is 5.93. The van der Waals surface area contributed by atoms with Crippen LogP contribution < -0.4 is 14.8 Å². The largest absolute Gasteiger partial charge is 0.495 e. The van der Waals surface area contributed by atoms with Crippen molar-refractivity contribution < 1.29 is 14.3 Å². The van der Waals surface area contributed by atoms with Gasteiger partial charge in [-0.2, -0.15) is 0 Å². The summed E-state index contributed by atoms with van der Waals surface area (Å²) >= 11 is 0. The highest BCUT2D eigenvalue weighted by Crippen LogP contribution is 2.23. The molecule has 4 nitrogen and oxygen atoms in total. The number of hydrogen-bond acceptors (Lipinski definition) is 3. The molecule has 0 aromatic heterocycles. The molecule has 4 heteroatoms. The molecule has 0 atom stereocenters. The third-order valence-electron chi connectivity index (χ3n) is 3.30. The van der Waals surface area contributed by atoms with E-state index in [0.717, 1.165) is 0 Å². The van der Waals surface area contributed by atoms with Gasteiger partial charge in [0.1, 0.15) is 11.5 Å². The van der Waals surface area contributed by atoms with E-state index in [-0.39, 0.29) is 12.5 Å². The van der Waals surface area contributed by atoms with Gasteiger partial charge in [0.15, 0.2) is 6.61 Å². The lowest BCUT2D eigenvalue weighted by molar-refractivity contribution is -0.118. The molecule has 0 aliphatic carbocycles. The van der Waals surface area contributed by atoms with Gasteiger partial charge in [-0.1, -0.05) is 38.1 Å². The zero-order valence-electron chi connectivity index (χ0n) is 13.1. The van der Waals surface area contributed by atoms with E-state index in [9.17, 15) is 4.79 Å². The van der Waals surface area contributed by atoms with Crippen LogP contribution in [0.5, 0.6) is 11.5 Å². The van der Waals surface area contributed by atoms with Crippen LogP contribution in [0.2, 0.25) is 0 Å². The first-order valence-electron chi connectivity index (χ1n) is 7.25. The van der Waals surface area contributed by atoms with Crippen molar-refractivity contribution in [2.45, 2.75) is 19.8 Å². The van der Waals surface area contributed by atoms with Gasteiger partial charge >= 0.3 is 0 Å². The highest BCUT2D eigenvalue weighted by atomic mass is 16.5. The van der Waals surface area contributed by atoms with E-state index in [4.69, 9.17) is 9.47 Å². The maximum absolute atomic E-state index is 11.9. The van der Waals surface area contributed by atoms with E-state index in [1.165, 1.54) is 5.56 Å². The van der Waals surface area contributed by atoms with Crippen molar-refractivity contribution >= 4 is 11.6 Å². The SMILES string of the molecule is COc1ccccc1NC(=O)COc1ccc(C(C)C)cc1. The lowest BCUT2D eigenvalue weighted by atomic mass is 10.0. The van der Waals surface area contributed by atoms with Crippen molar-refractivity contribution in [2.24, 2.45) is 0 Å². The number of carbonyl (C=O) groups excluding carboxylic acids is 1. The number of carbonyl (C=O) groups is 1. The van der Waals surface area contributed by atoms with Crippen LogP contribution in [0.4, 0.5) is 5.69 Å². The predicted octanol–water partition coefficient (Wildman–Crippen LogP) is 3.84. The number of ether oxygens (including phenoxy) is 2. The zero-order chi connectivity index (χ0) is 15.9. The van der Waals surface area contributed by atoms with E-state index in [1.807, 2.05) is 36.4 Å². The van der Waals surface area contributed by atoms with Gasteiger partial charge in [-0.05, 0) is 35.7 Å². The molecule has 0 aliphatic heterocycles. The Morgan fingerprint density at radius 2 is 1.77 bits per heavy atom. The van der Waals surface area contributed by atoms with Gasteiger partial charge in [0.2, 0.25) is 0 Å². The number of methoxy groups -OCH3 is 1. The van der Waals surface area contributed by atoms with Crippen LogP contribution in [0, 0.1) is 0 Å². The van der Waals surface area contributed by atoms with Crippen molar-refractivity contribution in [3.63, 3.8) is 0 Å². The number of amides is 1. The molecule has 0 radical (unpaired) electrons. The number of anilines is 1. The Kier molecular flexibility index (Phi) is 5.42. The Morgan fingerprint density at radius 1 is 1.09 bits per heavy atom. The summed E-state index contributed by atoms with van der Waals surface area (Å²) < 4.78 is 10.7. The molecule has 2 aromatic carbocycles. The third kappa shape index (κ3) is 4.25. The highest BCUT2D eigenvalue weighted by Gasteiger charge is 2.08. The van der Waals surface area contributed by atoms with Gasteiger partial charge in [0.05, 0.1) is 12.8 Å². The van der Waals surface area contributed by atoms with Gasteiger partial charge in [-0.25, -0.2) is 0 Å². The number of hydrogen-bond donors (Lipinski definition) is 1. The topological polar surface area (TPSA) is 47.6 Å². The maximum atomic E-state index is 11.9. The number of nitrogens with one attached hydrogen (secondary N) is 1. The Labute approximate surface area is 131 Å². The van der Waals surface area contributed by atoms with Crippen LogP contribution in [0.1, 0.15) is 25.3 Å². The second-order valence-corrected chi connectivity index (χ2v) is 5.26. The van der Waals surface area contributed by atoms with Gasteiger partial charge in [-0.3, -0.25) is 4.79 Å². The molecule has 0 unspecified atom stereocenters. The Morgan fingerprint density at radius 3 is 2.41 bits per heavy atom. The maximum Gasteiger partial charge on any atom is 0.262 e. The van der Waals surface area contributed by atoms with Crippen LogP contribution in [-0.2, 0) is 4.79 Å². The van der Waals surface area contributed by atoms with Crippen molar-refractivity contribution in [2.75, 3.05) is 19.0 Å². The molecule has 116 valence electrons. The standard InChI is InChI=1S/C18H21NO3/c1-13(2)14-8-10-15(11-9-14)22-12-18(20)19-16-6-4-5-7-17(16)21-3/h4-11,13H,12H2,1-3H3,(H,19,20). The molecule has 0 spiro atoms. The molecule has 0 saturated heterocycles. The molecule has 0 heterocycles. The molecular weight excluding hydrogens is 278 g/mol. The monoisotopic (exact) mass is 299 g/mol. The second-order valence-electron chi connectivity index (χ2n) is 5.26. The van der Waals surface area contributed by atoms with E-state index in [2.05, 4.69) is 19.2 Å². The van der Waals surface area contributed by atoms with Crippen molar-refractivity contribution in [1.82, 2.24) is 0 Å². The minimum atomic E-state index is -0.225. The molecule has 0 bridgehead atoms. The third-order valence-corrected chi connectivity index (χ3v) is 3.30. The van der Waals surface area contributed by atoms with Crippen LogP contribution in [-0.4, -0.2) is 19.6 Å². The van der Waals surface area contributed by atoms with E-state index >= 15 is 0 Å². The Balaban J connectivity index is 1.90. The minimum absolute atomic E-state index is 0.0426. The molecule has 0 saturated carbocycles. The second kappa shape index (κ2) is 7.50. The van der Waals surface area contributed by atoms with E-state index in [0.29, 0.717) is 23.1 Å². The molecule has 1 N–H and O–H groups in total. The van der Waals surface area contributed by atoms with E-state index < -0.39 is 0 Å². The molecule has 0 fully saturated rings. The quantitative estimate of drug-likeness (QED) is 0.881. The van der Waals surface area contributed by atoms with Crippen molar-refractivity contribution in [3.8, 4) is 11.5 Å². The number of benzene rings is 2. The summed E-state index contributed by atoms with van der Waals surface area (Å²) in [6.45, 7) is 4.23. The molecule has 22 heavy (non-hydrogen) atoms. The van der Waals surface area contributed by atoms with E-state index in [1.54, 1.807) is 19.2 Å². The summed E-state index contributed by atoms with van der Waals surface area (Å²) in [5.74, 6) is 1.55. The van der Waals surface area contributed by atoms with Crippen LogP contribution in [0.25, 0.3) is 0 Å². The molecule has 2 rings (SSSR count). The molecule has 2 aromatic rings. The zero-order valence-corrected chi connectivity index (χ0v) is 13.1. The first-order chi connectivity index (χ1) is 10.6. The Hall–Kier alpha value is -2.49. The molecule has 0 aliphatic rings. The normalized spacial score (nSPS) is 10.4. The minimum Gasteiger partial charge on any atom is -0.495 e. The molecular formula is C18H21NO3. The van der Waals surface area contributed by atoms with Gasteiger partial charge in [0.25, 0.3) is 5.91 Å². The summed E-state index contributed by atoms with van der Waals surface area (Å²) in [5, 5.41) is 2.77. The average molecular weight is 299 g/mol. The summed E-state index contributed by atoms with van der Waals surface area (Å²) in [6, 6.07) is 15.0. The fourth-order valence-corrected chi connectivity index (χ4v) is 2.03. The van der Waals surface area contributed by atoms with Crippen LogP contribution >= 0.6 is 0 Å². The summed E-state index contributed by atoms with van der Waals surface area (Å²) in [7, 11) is 1.57. The Bertz CT molecular complexity index is 620. The fraction of sp³-hybridized carbons (Fsp3) is 0.278. The fourth-order valence-electron chi connectivity index (χ4n) is 2.03. The lowest BCUT2D eigenvalue weighted by Gasteiger charge is -2.11. The predicted molar refractivity (Wildman–Crippen MR) is 87.6 cm³/mol. The summed E-state index contributed by atoms with van der Waals surface area (Å²) in [4.78, 5) is 11.9. The first-order valence-corrected chi connectivity index (χ1v) is 7.25. The number of para-hydroxylation sites is 2. The smallest absolute Gasteiger partial charge is 0.262 e. The first kappa shape index (κ1) is 15.9. The van der Waals surface area contributed by atoms with Crippen LogP contribution in [0.3, 0.4) is 0 Å². The van der Waals surface area contributed by atoms with Gasteiger partial charge in [-0.15, -0.1) is 0 Å². The van der Waals surface area contributed by atoms with Crippen molar-refractivity contribution in [1.29, 1.82) is 0 Å². The van der Waals surface area contributed by atoms with Crippen molar-refractivity contribution in [3.05, 3.63) is 54.1 Å². The molecule has 1 amide bonds.